The first-order valence-electron chi connectivity index (χ1n) is 8.05. The van der Waals surface area contributed by atoms with E-state index in [9.17, 15) is 4.79 Å². The number of carbonyl (C=O) groups excluding carboxylic acids is 1. The maximum Gasteiger partial charge on any atom is 0.165 e. The highest BCUT2D eigenvalue weighted by molar-refractivity contribution is 5.89. The van der Waals surface area contributed by atoms with Gasteiger partial charge >= 0.3 is 0 Å². The fraction of sp³-hybridized carbons (Fsp3) is 0.300. The normalized spacial score (nSPS) is 15.1. The number of nitrogens with zero attached hydrogens (tertiary/aromatic N) is 1. The Bertz CT molecular complexity index is 655. The van der Waals surface area contributed by atoms with E-state index in [2.05, 4.69) is 5.16 Å². The van der Waals surface area contributed by atoms with Crippen LogP contribution in [-0.4, -0.2) is 23.3 Å². The summed E-state index contributed by atoms with van der Waals surface area (Å²) in [6.07, 6.45) is 0.875. The van der Waals surface area contributed by atoms with Crippen molar-refractivity contribution in [1.29, 1.82) is 0 Å². The van der Waals surface area contributed by atoms with E-state index in [-0.39, 0.29) is 17.6 Å². The molecular weight excluding hydrogens is 302 g/mol. The van der Waals surface area contributed by atoms with Gasteiger partial charge in [0.15, 0.2) is 5.78 Å². The maximum atomic E-state index is 12.7. The van der Waals surface area contributed by atoms with Gasteiger partial charge in [0.05, 0.1) is 12.8 Å². The van der Waals surface area contributed by atoms with Crippen molar-refractivity contribution in [3.8, 4) is 0 Å². The van der Waals surface area contributed by atoms with Crippen LogP contribution in [0.5, 0.6) is 0 Å². The fourth-order valence-corrected chi connectivity index (χ4v) is 2.68. The molecule has 126 valence electrons. The molecule has 0 fully saturated rings. The van der Waals surface area contributed by atoms with Gasteiger partial charge in [-0.3, -0.25) is 4.79 Å². The van der Waals surface area contributed by atoms with Gasteiger partial charge in [0.25, 0.3) is 0 Å². The molecule has 24 heavy (non-hydrogen) atoms. The van der Waals surface area contributed by atoms with Crippen LogP contribution in [0.4, 0.5) is 0 Å². The van der Waals surface area contributed by atoms with Gasteiger partial charge in [-0.2, -0.15) is 0 Å². The van der Waals surface area contributed by atoms with Gasteiger partial charge in [-0.05, 0) is 18.1 Å². The number of ketones is 1. The van der Waals surface area contributed by atoms with Gasteiger partial charge in [0.2, 0.25) is 0 Å². The summed E-state index contributed by atoms with van der Waals surface area (Å²) in [4.78, 5) is 12.7. The number of benzene rings is 2. The number of hydrogen-bond acceptors (Lipinski definition) is 4. The van der Waals surface area contributed by atoms with Crippen LogP contribution in [0.2, 0.25) is 0 Å². The molecule has 4 heteroatoms. The van der Waals surface area contributed by atoms with Crippen LogP contribution in [-0.2, 0) is 16.1 Å². The summed E-state index contributed by atoms with van der Waals surface area (Å²) in [5.41, 5.74) is 1.97. The molecule has 0 amide bonds. The summed E-state index contributed by atoms with van der Waals surface area (Å²) in [6, 6.07) is 19.3. The molecule has 0 aliphatic heterocycles. The zero-order valence-corrected chi connectivity index (χ0v) is 14.0. The summed E-state index contributed by atoms with van der Waals surface area (Å²) < 4.78 is 5.72. The molecule has 2 rings (SSSR count). The molecule has 3 atom stereocenters. The lowest BCUT2D eigenvalue weighted by Gasteiger charge is -2.22. The van der Waals surface area contributed by atoms with Gasteiger partial charge in [-0.25, -0.2) is 0 Å². The summed E-state index contributed by atoms with van der Waals surface area (Å²) >= 11 is 0. The van der Waals surface area contributed by atoms with Gasteiger partial charge < -0.3 is 9.94 Å². The molecule has 0 aliphatic carbocycles. The molecule has 0 unspecified atom stereocenters. The third kappa shape index (κ3) is 4.77. The molecule has 0 radical (unpaired) electrons. The first-order chi connectivity index (χ1) is 11.6. The minimum absolute atomic E-state index is 0.0142. The van der Waals surface area contributed by atoms with E-state index in [1.165, 1.54) is 6.21 Å². The van der Waals surface area contributed by atoms with E-state index in [0.29, 0.717) is 6.61 Å². The first kappa shape index (κ1) is 17.9. The lowest BCUT2D eigenvalue weighted by atomic mass is 9.84. The Kier molecular flexibility index (Phi) is 6.70. The summed E-state index contributed by atoms with van der Waals surface area (Å²) in [5.74, 6) is -0.653. The second-order valence-electron chi connectivity index (χ2n) is 5.83. The Morgan fingerprint density at radius 1 is 1.08 bits per heavy atom. The molecule has 0 spiro atoms. The van der Waals surface area contributed by atoms with Crippen LogP contribution >= 0.6 is 0 Å². The molecule has 0 heterocycles. The number of carbonyl (C=O) groups is 1. The summed E-state index contributed by atoms with van der Waals surface area (Å²) in [6.45, 7) is 3.99. The van der Waals surface area contributed by atoms with E-state index in [0.717, 1.165) is 11.1 Å². The monoisotopic (exact) mass is 325 g/mol. The Balaban J connectivity index is 2.03. The van der Waals surface area contributed by atoms with Crippen molar-refractivity contribution in [2.45, 2.75) is 32.5 Å². The van der Waals surface area contributed by atoms with E-state index >= 15 is 0 Å². The Morgan fingerprint density at radius 3 is 2.25 bits per heavy atom. The second kappa shape index (κ2) is 8.99. The number of Topliss-reactive ketones (excluding diaryl/α,β-unsaturated/α-hetero) is 1. The van der Waals surface area contributed by atoms with Crippen molar-refractivity contribution in [2.75, 3.05) is 0 Å². The average molecular weight is 325 g/mol. The second-order valence-corrected chi connectivity index (χ2v) is 5.83. The van der Waals surface area contributed by atoms with Crippen molar-refractivity contribution in [1.82, 2.24) is 0 Å². The van der Waals surface area contributed by atoms with Crippen LogP contribution in [0.25, 0.3) is 0 Å². The Morgan fingerprint density at radius 2 is 1.67 bits per heavy atom. The minimum Gasteiger partial charge on any atom is -0.411 e. The zero-order chi connectivity index (χ0) is 17.4. The summed E-state index contributed by atoms with van der Waals surface area (Å²) in [7, 11) is 0. The van der Waals surface area contributed by atoms with Gasteiger partial charge in [-0.1, -0.05) is 67.6 Å². The molecule has 0 aromatic heterocycles. The molecule has 0 aliphatic rings. The van der Waals surface area contributed by atoms with Crippen molar-refractivity contribution >= 4 is 12.0 Å². The van der Waals surface area contributed by atoms with E-state index in [1.807, 2.05) is 67.6 Å². The molecule has 1 N–H and O–H groups in total. The molecule has 0 saturated heterocycles. The smallest absolute Gasteiger partial charge is 0.165 e. The molecule has 4 nitrogen and oxygen atoms in total. The lowest BCUT2D eigenvalue weighted by Crippen LogP contribution is -2.31. The van der Waals surface area contributed by atoms with Crippen LogP contribution in [0.1, 0.15) is 30.9 Å². The Labute approximate surface area is 142 Å². The largest absolute Gasteiger partial charge is 0.411 e. The van der Waals surface area contributed by atoms with Gasteiger partial charge in [-0.15, -0.1) is 5.16 Å². The van der Waals surface area contributed by atoms with Crippen molar-refractivity contribution < 1.29 is 14.7 Å². The minimum atomic E-state index is -0.529. The van der Waals surface area contributed by atoms with E-state index < -0.39 is 6.10 Å². The van der Waals surface area contributed by atoms with Crippen molar-refractivity contribution in [2.24, 2.45) is 11.1 Å². The maximum absolute atomic E-state index is 12.7. The van der Waals surface area contributed by atoms with Crippen LogP contribution in [0.15, 0.2) is 65.8 Å². The number of rotatable bonds is 8. The molecular formula is C20H23NO3. The lowest BCUT2D eigenvalue weighted by molar-refractivity contribution is -0.134. The van der Waals surface area contributed by atoms with Crippen molar-refractivity contribution in [3.63, 3.8) is 0 Å². The van der Waals surface area contributed by atoms with Gasteiger partial charge in [0, 0.05) is 11.8 Å². The zero-order valence-electron chi connectivity index (χ0n) is 14.0. The first-order valence-corrected chi connectivity index (χ1v) is 8.05. The van der Waals surface area contributed by atoms with Crippen molar-refractivity contribution in [3.05, 3.63) is 71.8 Å². The average Bonchev–Trinajstić information content (AvgIpc) is 2.64. The van der Waals surface area contributed by atoms with Gasteiger partial charge in [0.1, 0.15) is 6.10 Å². The van der Waals surface area contributed by atoms with Crippen LogP contribution < -0.4 is 0 Å². The molecule has 2 aromatic carbocycles. The third-order valence-corrected chi connectivity index (χ3v) is 4.14. The quantitative estimate of drug-likeness (QED) is 0.453. The molecule has 2 aromatic rings. The number of hydrogen-bond donors (Lipinski definition) is 1. The topological polar surface area (TPSA) is 58.9 Å². The fourth-order valence-electron chi connectivity index (χ4n) is 2.68. The SMILES string of the molecule is C[C@H](OCc1ccccc1)C(=O)[C@@H](C)[C@@H](/C=N/O)c1ccccc1. The van der Waals surface area contributed by atoms with Crippen LogP contribution in [0.3, 0.4) is 0 Å². The standard InChI is InChI=1S/C20H23NO3/c1-15(19(13-21-23)18-11-7-4-8-12-18)20(22)16(2)24-14-17-9-5-3-6-10-17/h3-13,15-16,19,23H,14H2,1-2H3/b21-13+/t15-,16-,19+/m0/s1. The predicted octanol–water partition coefficient (Wildman–Crippen LogP) is 4.04. The summed E-state index contributed by atoms with van der Waals surface area (Å²) in [5, 5.41) is 12.1. The predicted molar refractivity (Wildman–Crippen MR) is 94.3 cm³/mol. The Hall–Kier alpha value is -2.46. The highest BCUT2D eigenvalue weighted by atomic mass is 16.5. The molecule has 0 bridgehead atoms. The third-order valence-electron chi connectivity index (χ3n) is 4.14. The molecule has 0 saturated carbocycles. The highest BCUT2D eigenvalue weighted by Crippen LogP contribution is 2.25. The van der Waals surface area contributed by atoms with E-state index in [1.54, 1.807) is 6.92 Å². The highest BCUT2D eigenvalue weighted by Gasteiger charge is 2.28. The number of oxime groups is 1. The van der Waals surface area contributed by atoms with E-state index in [4.69, 9.17) is 9.94 Å². The van der Waals surface area contributed by atoms with Crippen LogP contribution in [0, 0.1) is 5.92 Å². The number of ether oxygens (including phenoxy) is 1.